The lowest BCUT2D eigenvalue weighted by molar-refractivity contribution is 0.0997. The van der Waals surface area contributed by atoms with Crippen LogP contribution in [0.1, 0.15) is 38.5 Å². The van der Waals surface area contributed by atoms with E-state index < -0.39 is 0 Å². The van der Waals surface area contributed by atoms with Gasteiger partial charge in [0.25, 0.3) is 5.91 Å². The molecule has 0 radical (unpaired) electrons. The van der Waals surface area contributed by atoms with Crippen molar-refractivity contribution in [2.45, 2.75) is 34.6 Å². The van der Waals surface area contributed by atoms with Gasteiger partial charge in [0.2, 0.25) is 0 Å². The van der Waals surface area contributed by atoms with Crippen molar-refractivity contribution in [2.75, 3.05) is 5.32 Å². The summed E-state index contributed by atoms with van der Waals surface area (Å²) in [6.45, 7) is 10.00. The third-order valence-corrected chi connectivity index (χ3v) is 5.78. The number of fused-ring (bicyclic) bond motifs is 2. The van der Waals surface area contributed by atoms with Gasteiger partial charge in [-0.15, -0.1) is 0 Å². The predicted octanol–water partition coefficient (Wildman–Crippen LogP) is 5.96. The Morgan fingerprint density at radius 1 is 0.938 bits per heavy atom. The summed E-state index contributed by atoms with van der Waals surface area (Å²) in [5.74, 6) is 1.18. The van der Waals surface area contributed by atoms with Crippen molar-refractivity contribution in [1.29, 1.82) is 0 Å². The largest absolute Gasteiger partial charge is 0.451 e. The number of benzene rings is 2. The molecule has 2 aromatic carbocycles. The van der Waals surface area contributed by atoms with Crippen molar-refractivity contribution in [3.05, 3.63) is 82.2 Å². The van der Waals surface area contributed by atoms with E-state index in [0.29, 0.717) is 23.0 Å². The molecule has 1 N–H and O–H groups in total. The highest BCUT2D eigenvalue weighted by Crippen LogP contribution is 2.28. The molecule has 0 saturated heterocycles. The fraction of sp³-hybridized carbons (Fsp3) is 0.192. The molecule has 32 heavy (non-hydrogen) atoms. The maximum atomic E-state index is 13.1. The Hall–Kier alpha value is -3.93. The Morgan fingerprint density at radius 2 is 1.72 bits per heavy atom. The van der Waals surface area contributed by atoms with E-state index in [2.05, 4.69) is 43.3 Å². The molecule has 3 heterocycles. The van der Waals surface area contributed by atoms with Crippen molar-refractivity contribution in [2.24, 2.45) is 0 Å². The minimum absolute atomic E-state index is 0.297. The van der Waals surface area contributed by atoms with E-state index in [1.165, 1.54) is 5.56 Å². The number of hydrogen-bond donors (Lipinski definition) is 1. The first kappa shape index (κ1) is 20.0. The lowest BCUT2D eigenvalue weighted by Crippen LogP contribution is -2.16. The van der Waals surface area contributed by atoms with Gasteiger partial charge in [0.05, 0.1) is 11.2 Å². The molecule has 0 atom stereocenters. The minimum Gasteiger partial charge on any atom is -0.451 e. The quantitative estimate of drug-likeness (QED) is 0.388. The highest BCUT2D eigenvalue weighted by molar-refractivity contribution is 6.06. The van der Waals surface area contributed by atoms with Crippen LogP contribution in [-0.4, -0.2) is 20.7 Å². The number of amides is 1. The molecule has 6 nitrogen and oxygen atoms in total. The van der Waals surface area contributed by atoms with Crippen LogP contribution in [0.25, 0.3) is 27.7 Å². The highest BCUT2D eigenvalue weighted by Gasteiger charge is 2.20. The number of hydrogen-bond acceptors (Lipinski definition) is 4. The van der Waals surface area contributed by atoms with Crippen LogP contribution in [0.4, 0.5) is 5.82 Å². The summed E-state index contributed by atoms with van der Waals surface area (Å²) in [5.41, 5.74) is 6.64. The fourth-order valence-corrected chi connectivity index (χ4v) is 4.26. The predicted molar refractivity (Wildman–Crippen MR) is 127 cm³/mol. The molecule has 0 aliphatic carbocycles. The van der Waals surface area contributed by atoms with E-state index in [9.17, 15) is 4.79 Å². The Morgan fingerprint density at radius 3 is 2.50 bits per heavy atom. The van der Waals surface area contributed by atoms with Gasteiger partial charge in [-0.05, 0) is 63.9 Å². The molecule has 3 aromatic heterocycles. The van der Waals surface area contributed by atoms with E-state index >= 15 is 0 Å². The minimum atomic E-state index is -0.316. The van der Waals surface area contributed by atoms with Gasteiger partial charge in [0.1, 0.15) is 11.4 Å². The molecule has 0 saturated carbocycles. The second kappa shape index (κ2) is 7.34. The van der Waals surface area contributed by atoms with Crippen LogP contribution in [0, 0.1) is 34.6 Å². The van der Waals surface area contributed by atoms with Gasteiger partial charge in [0.15, 0.2) is 11.6 Å². The first-order chi connectivity index (χ1) is 15.3. The van der Waals surface area contributed by atoms with E-state index in [4.69, 9.17) is 9.40 Å². The van der Waals surface area contributed by atoms with Crippen LogP contribution in [0.2, 0.25) is 0 Å². The molecule has 6 heteroatoms. The molecule has 0 spiro atoms. The lowest BCUT2D eigenvalue weighted by Gasteiger charge is -2.12. The van der Waals surface area contributed by atoms with Gasteiger partial charge in [-0.1, -0.05) is 29.8 Å². The molecule has 0 aliphatic heterocycles. The molecule has 0 unspecified atom stereocenters. The normalized spacial score (nSPS) is 11.4. The summed E-state index contributed by atoms with van der Waals surface area (Å²) in [7, 11) is 0. The number of para-hydroxylation sites is 1. The standard InChI is InChI=1S/C26H24N4O2/c1-14-10-16(3)24-20(11-14)15(2)12-22(27-24)30-23(13-17(4)29-30)28-26(31)25-18(5)19-8-6-7-9-21(19)32-25/h6-13H,1-5H3,(H,28,31). The van der Waals surface area contributed by atoms with Crippen molar-refractivity contribution >= 4 is 33.6 Å². The number of furan rings is 1. The first-order valence-corrected chi connectivity index (χ1v) is 10.6. The molecular weight excluding hydrogens is 400 g/mol. The molecule has 0 fully saturated rings. The SMILES string of the molecule is Cc1cc(C)c2nc(-n3nc(C)cc3NC(=O)c3oc4ccccc4c3C)cc(C)c2c1. The lowest BCUT2D eigenvalue weighted by atomic mass is 10.0. The molecule has 160 valence electrons. The van der Waals surface area contributed by atoms with Gasteiger partial charge in [-0.2, -0.15) is 9.78 Å². The van der Waals surface area contributed by atoms with Crippen molar-refractivity contribution < 1.29 is 9.21 Å². The van der Waals surface area contributed by atoms with Gasteiger partial charge < -0.3 is 9.73 Å². The zero-order valence-corrected chi connectivity index (χ0v) is 18.8. The number of pyridine rings is 1. The third-order valence-electron chi connectivity index (χ3n) is 5.78. The average Bonchev–Trinajstić information content (AvgIpc) is 3.28. The van der Waals surface area contributed by atoms with Crippen molar-refractivity contribution in [3.8, 4) is 5.82 Å². The van der Waals surface area contributed by atoms with Crippen LogP contribution in [-0.2, 0) is 0 Å². The number of anilines is 1. The molecular formula is C26H24N4O2. The van der Waals surface area contributed by atoms with Crippen LogP contribution < -0.4 is 5.32 Å². The van der Waals surface area contributed by atoms with Crippen LogP contribution in [0.15, 0.2) is 52.9 Å². The third kappa shape index (κ3) is 3.24. The van der Waals surface area contributed by atoms with E-state index in [-0.39, 0.29) is 5.91 Å². The first-order valence-electron chi connectivity index (χ1n) is 10.6. The van der Waals surface area contributed by atoms with E-state index in [1.807, 2.05) is 50.2 Å². The molecule has 5 aromatic rings. The number of aromatic nitrogens is 3. The summed E-state index contributed by atoms with van der Waals surface area (Å²) >= 11 is 0. The maximum absolute atomic E-state index is 13.1. The summed E-state index contributed by atoms with van der Waals surface area (Å²) < 4.78 is 7.51. The number of carbonyl (C=O) groups excluding carboxylic acids is 1. The number of nitrogens with zero attached hydrogens (tertiary/aromatic N) is 3. The van der Waals surface area contributed by atoms with Gasteiger partial charge in [-0.3, -0.25) is 4.79 Å². The van der Waals surface area contributed by atoms with Gasteiger partial charge in [0, 0.05) is 22.4 Å². The van der Waals surface area contributed by atoms with Crippen LogP contribution >= 0.6 is 0 Å². The maximum Gasteiger partial charge on any atom is 0.292 e. The van der Waals surface area contributed by atoms with Gasteiger partial charge in [-0.25, -0.2) is 4.98 Å². The Kier molecular flexibility index (Phi) is 4.59. The second-order valence-corrected chi connectivity index (χ2v) is 8.36. The van der Waals surface area contributed by atoms with Crippen LogP contribution in [0.5, 0.6) is 0 Å². The van der Waals surface area contributed by atoms with E-state index in [0.717, 1.165) is 38.7 Å². The van der Waals surface area contributed by atoms with Crippen molar-refractivity contribution in [1.82, 2.24) is 14.8 Å². The smallest absolute Gasteiger partial charge is 0.292 e. The average molecular weight is 425 g/mol. The monoisotopic (exact) mass is 424 g/mol. The molecule has 0 aliphatic rings. The fourth-order valence-electron chi connectivity index (χ4n) is 4.26. The summed E-state index contributed by atoms with van der Waals surface area (Å²) in [5, 5.41) is 9.62. The number of carbonyl (C=O) groups is 1. The Balaban J connectivity index is 1.57. The molecule has 1 amide bonds. The summed E-state index contributed by atoms with van der Waals surface area (Å²) in [6.07, 6.45) is 0. The van der Waals surface area contributed by atoms with E-state index in [1.54, 1.807) is 4.68 Å². The molecule has 0 bridgehead atoms. The summed E-state index contributed by atoms with van der Waals surface area (Å²) in [6, 6.07) is 15.7. The number of aryl methyl sites for hydroxylation is 5. The zero-order valence-electron chi connectivity index (χ0n) is 18.8. The molecule has 5 rings (SSSR count). The topological polar surface area (TPSA) is 73.0 Å². The second-order valence-electron chi connectivity index (χ2n) is 8.36. The van der Waals surface area contributed by atoms with Crippen LogP contribution in [0.3, 0.4) is 0 Å². The Bertz CT molecular complexity index is 1520. The number of nitrogens with one attached hydrogen (secondary N) is 1. The van der Waals surface area contributed by atoms with Gasteiger partial charge >= 0.3 is 0 Å². The Labute approximate surface area is 185 Å². The zero-order chi connectivity index (χ0) is 22.6. The summed E-state index contributed by atoms with van der Waals surface area (Å²) in [4.78, 5) is 18.0. The highest BCUT2D eigenvalue weighted by atomic mass is 16.3. The van der Waals surface area contributed by atoms with Crippen molar-refractivity contribution in [3.63, 3.8) is 0 Å². The number of rotatable bonds is 3.